The van der Waals surface area contributed by atoms with Gasteiger partial charge in [0.1, 0.15) is 5.82 Å². The number of pyridine rings is 1. The molecule has 12 heavy (non-hydrogen) atoms. The van der Waals surface area contributed by atoms with Crippen molar-refractivity contribution in [1.29, 1.82) is 0 Å². The van der Waals surface area contributed by atoms with Crippen LogP contribution in [0.3, 0.4) is 0 Å². The zero-order valence-corrected chi connectivity index (χ0v) is 7.42. The fraction of sp³-hybridized carbons (Fsp3) is 0.375. The maximum Gasteiger partial charge on any atom is 0.258 e. The Bertz CT molecular complexity index is 263. The summed E-state index contributed by atoms with van der Waals surface area (Å²) in [5, 5.41) is 2.91. The zero-order chi connectivity index (χ0) is 8.97. The molecular formula is C8H12N2O2. The Balaban J connectivity index is 3.02. The number of hydrogen-bond acceptors (Lipinski definition) is 4. The van der Waals surface area contributed by atoms with Crippen molar-refractivity contribution in [3.05, 3.63) is 12.1 Å². The molecule has 1 aromatic heterocycles. The SMILES string of the molecule is CNc1ccc(OC)c(OC)n1. The molecule has 1 aromatic rings. The average Bonchev–Trinajstić information content (AvgIpc) is 2.16. The highest BCUT2D eigenvalue weighted by Crippen LogP contribution is 2.25. The lowest BCUT2D eigenvalue weighted by Gasteiger charge is -2.07. The monoisotopic (exact) mass is 168 g/mol. The van der Waals surface area contributed by atoms with Crippen molar-refractivity contribution in [2.24, 2.45) is 0 Å². The van der Waals surface area contributed by atoms with Crippen LogP contribution in [0, 0.1) is 0 Å². The fourth-order valence-electron chi connectivity index (χ4n) is 0.868. The number of nitrogens with one attached hydrogen (secondary N) is 1. The van der Waals surface area contributed by atoms with Gasteiger partial charge in [-0.1, -0.05) is 0 Å². The lowest BCUT2D eigenvalue weighted by molar-refractivity contribution is 0.343. The van der Waals surface area contributed by atoms with E-state index in [4.69, 9.17) is 9.47 Å². The van der Waals surface area contributed by atoms with Crippen LogP contribution in [0.2, 0.25) is 0 Å². The molecule has 0 spiro atoms. The summed E-state index contributed by atoms with van der Waals surface area (Å²) < 4.78 is 10.0. The van der Waals surface area contributed by atoms with Gasteiger partial charge in [-0.2, -0.15) is 4.98 Å². The van der Waals surface area contributed by atoms with E-state index in [-0.39, 0.29) is 0 Å². The first kappa shape index (κ1) is 8.64. The van der Waals surface area contributed by atoms with E-state index in [0.29, 0.717) is 11.6 Å². The number of anilines is 1. The lowest BCUT2D eigenvalue weighted by Crippen LogP contribution is -1.97. The Kier molecular flexibility index (Phi) is 2.74. The first-order valence-corrected chi connectivity index (χ1v) is 3.58. The maximum atomic E-state index is 5.02. The van der Waals surface area contributed by atoms with Crippen molar-refractivity contribution < 1.29 is 9.47 Å². The summed E-state index contributed by atoms with van der Waals surface area (Å²) >= 11 is 0. The van der Waals surface area contributed by atoms with E-state index < -0.39 is 0 Å². The van der Waals surface area contributed by atoms with Crippen LogP contribution in [0.1, 0.15) is 0 Å². The van der Waals surface area contributed by atoms with Gasteiger partial charge in [-0.3, -0.25) is 0 Å². The number of hydrogen-bond donors (Lipinski definition) is 1. The molecule has 0 amide bonds. The maximum absolute atomic E-state index is 5.02. The van der Waals surface area contributed by atoms with E-state index in [1.165, 1.54) is 0 Å². The smallest absolute Gasteiger partial charge is 0.258 e. The summed E-state index contributed by atoms with van der Waals surface area (Å²) in [6, 6.07) is 3.62. The fourth-order valence-corrected chi connectivity index (χ4v) is 0.868. The number of methoxy groups -OCH3 is 2. The highest BCUT2D eigenvalue weighted by molar-refractivity contribution is 5.44. The normalized spacial score (nSPS) is 9.25. The van der Waals surface area contributed by atoms with Crippen LogP contribution < -0.4 is 14.8 Å². The summed E-state index contributed by atoms with van der Waals surface area (Å²) in [5.41, 5.74) is 0. The molecule has 4 heteroatoms. The largest absolute Gasteiger partial charge is 0.491 e. The Hall–Kier alpha value is -1.45. The molecule has 66 valence electrons. The molecule has 0 radical (unpaired) electrons. The molecule has 0 fully saturated rings. The molecule has 0 aliphatic heterocycles. The van der Waals surface area contributed by atoms with Gasteiger partial charge in [0.05, 0.1) is 14.2 Å². The van der Waals surface area contributed by atoms with Gasteiger partial charge in [0.2, 0.25) is 0 Å². The number of rotatable bonds is 3. The summed E-state index contributed by atoms with van der Waals surface area (Å²) in [7, 11) is 4.94. The van der Waals surface area contributed by atoms with Crippen molar-refractivity contribution in [2.75, 3.05) is 26.6 Å². The summed E-state index contributed by atoms with van der Waals surface area (Å²) in [4.78, 5) is 4.12. The Morgan fingerprint density at radius 2 is 2.00 bits per heavy atom. The van der Waals surface area contributed by atoms with Crippen LogP contribution >= 0.6 is 0 Å². The Labute approximate surface area is 71.5 Å². The van der Waals surface area contributed by atoms with Crippen LogP contribution in [0.4, 0.5) is 5.82 Å². The molecule has 1 heterocycles. The van der Waals surface area contributed by atoms with Crippen molar-refractivity contribution in [3.63, 3.8) is 0 Å². The summed E-state index contributed by atoms with van der Waals surface area (Å²) in [6.45, 7) is 0. The Morgan fingerprint density at radius 1 is 1.25 bits per heavy atom. The Morgan fingerprint density at radius 3 is 2.50 bits per heavy atom. The molecule has 0 aromatic carbocycles. The van der Waals surface area contributed by atoms with Crippen molar-refractivity contribution >= 4 is 5.82 Å². The van der Waals surface area contributed by atoms with E-state index in [1.54, 1.807) is 27.3 Å². The number of nitrogens with zero attached hydrogens (tertiary/aromatic N) is 1. The van der Waals surface area contributed by atoms with Gasteiger partial charge in [0, 0.05) is 7.05 Å². The second kappa shape index (κ2) is 3.80. The van der Waals surface area contributed by atoms with Gasteiger partial charge in [0.25, 0.3) is 5.88 Å². The lowest BCUT2D eigenvalue weighted by atomic mass is 10.4. The molecule has 0 saturated heterocycles. The minimum Gasteiger partial charge on any atom is -0.491 e. The number of aromatic nitrogens is 1. The number of ether oxygens (including phenoxy) is 2. The second-order valence-electron chi connectivity index (χ2n) is 2.16. The first-order chi connectivity index (χ1) is 5.81. The van der Waals surface area contributed by atoms with Crippen LogP contribution in [-0.2, 0) is 0 Å². The highest BCUT2D eigenvalue weighted by atomic mass is 16.5. The average molecular weight is 168 g/mol. The van der Waals surface area contributed by atoms with Crippen molar-refractivity contribution in [3.8, 4) is 11.6 Å². The third-order valence-electron chi connectivity index (χ3n) is 1.49. The predicted molar refractivity (Wildman–Crippen MR) is 46.9 cm³/mol. The molecule has 0 saturated carbocycles. The molecule has 0 aliphatic carbocycles. The van der Waals surface area contributed by atoms with Gasteiger partial charge in [-0.15, -0.1) is 0 Å². The molecule has 0 atom stereocenters. The van der Waals surface area contributed by atoms with Gasteiger partial charge in [0.15, 0.2) is 5.75 Å². The predicted octanol–water partition coefficient (Wildman–Crippen LogP) is 1.14. The zero-order valence-electron chi connectivity index (χ0n) is 7.42. The van der Waals surface area contributed by atoms with Crippen LogP contribution in [0.15, 0.2) is 12.1 Å². The molecule has 0 aliphatic rings. The highest BCUT2D eigenvalue weighted by Gasteiger charge is 2.04. The van der Waals surface area contributed by atoms with E-state index in [9.17, 15) is 0 Å². The summed E-state index contributed by atoms with van der Waals surface area (Å²) in [5.74, 6) is 1.88. The minimum absolute atomic E-state index is 0.490. The van der Waals surface area contributed by atoms with E-state index in [0.717, 1.165) is 5.82 Å². The standard InChI is InChI=1S/C8H12N2O2/c1-9-7-5-4-6(11-2)8(10-7)12-3/h4-5H,1-3H3,(H,9,10). The molecule has 0 bridgehead atoms. The van der Waals surface area contributed by atoms with Gasteiger partial charge in [-0.05, 0) is 12.1 Å². The van der Waals surface area contributed by atoms with E-state index in [2.05, 4.69) is 10.3 Å². The molecular weight excluding hydrogens is 156 g/mol. The molecule has 0 unspecified atom stereocenters. The van der Waals surface area contributed by atoms with Crippen molar-refractivity contribution in [2.45, 2.75) is 0 Å². The van der Waals surface area contributed by atoms with Gasteiger partial charge >= 0.3 is 0 Å². The van der Waals surface area contributed by atoms with E-state index >= 15 is 0 Å². The van der Waals surface area contributed by atoms with Crippen LogP contribution in [0.25, 0.3) is 0 Å². The van der Waals surface area contributed by atoms with Crippen molar-refractivity contribution in [1.82, 2.24) is 4.98 Å². The molecule has 1 N–H and O–H groups in total. The minimum atomic E-state index is 0.490. The third-order valence-corrected chi connectivity index (χ3v) is 1.49. The second-order valence-corrected chi connectivity index (χ2v) is 2.16. The van der Waals surface area contributed by atoms with Crippen LogP contribution in [0.5, 0.6) is 11.6 Å². The van der Waals surface area contributed by atoms with Crippen LogP contribution in [-0.4, -0.2) is 26.3 Å². The summed E-state index contributed by atoms with van der Waals surface area (Å²) in [6.07, 6.45) is 0. The van der Waals surface area contributed by atoms with E-state index in [1.807, 2.05) is 6.07 Å². The quantitative estimate of drug-likeness (QED) is 0.735. The van der Waals surface area contributed by atoms with Gasteiger partial charge < -0.3 is 14.8 Å². The molecule has 1 rings (SSSR count). The van der Waals surface area contributed by atoms with Gasteiger partial charge in [-0.25, -0.2) is 0 Å². The first-order valence-electron chi connectivity index (χ1n) is 3.58. The topological polar surface area (TPSA) is 43.4 Å². The third kappa shape index (κ3) is 1.58. The molecule has 4 nitrogen and oxygen atoms in total.